The minimum atomic E-state index is -2.45. The Morgan fingerprint density at radius 3 is 3.09 bits per heavy atom. The van der Waals surface area contributed by atoms with Crippen LogP contribution in [0, 0.1) is 0 Å². The predicted molar refractivity (Wildman–Crippen MR) is 80.7 cm³/mol. The van der Waals surface area contributed by atoms with Crippen molar-refractivity contribution in [3.8, 4) is 0 Å². The molecule has 1 fully saturated rings. The molecule has 124 valence electrons. The van der Waals surface area contributed by atoms with Crippen LogP contribution in [0.3, 0.4) is 0 Å². The average molecular weight is 361 g/mol. The third-order valence-electron chi connectivity index (χ3n) is 3.32. The van der Waals surface area contributed by atoms with Gasteiger partial charge in [-0.25, -0.2) is 4.21 Å². The monoisotopic (exact) mass is 361 g/mol. The van der Waals surface area contributed by atoms with E-state index in [0.717, 1.165) is 6.42 Å². The Hall–Kier alpha value is 1.04. The number of ether oxygens (including phenoxy) is 3. The Labute approximate surface area is 161 Å². The zero-order valence-electron chi connectivity index (χ0n) is 14.0. The van der Waals surface area contributed by atoms with Gasteiger partial charge in [0.1, 0.15) is 6.10 Å². The molecule has 0 N–H and O–H groups in total. The van der Waals surface area contributed by atoms with Crippen LogP contribution in [-0.2, 0) is 29.8 Å². The van der Waals surface area contributed by atoms with E-state index in [1.807, 2.05) is 0 Å². The molecule has 0 amide bonds. The van der Waals surface area contributed by atoms with Gasteiger partial charge in [0.05, 0.1) is 43.9 Å². The van der Waals surface area contributed by atoms with Crippen molar-refractivity contribution in [2.75, 3.05) is 33.0 Å². The Kier molecular flexibility index (Phi) is 11.1. The second-order valence-electron chi connectivity index (χ2n) is 5.06. The van der Waals surface area contributed by atoms with E-state index in [-0.39, 0.29) is 43.2 Å². The zero-order valence-corrected chi connectivity index (χ0v) is 16.7. The van der Waals surface area contributed by atoms with Gasteiger partial charge in [0.2, 0.25) is 0 Å². The van der Waals surface area contributed by atoms with Gasteiger partial charge in [-0.15, -0.1) is 11.8 Å². The van der Waals surface area contributed by atoms with Gasteiger partial charge >= 0.3 is 29.6 Å². The molecule has 0 aromatic heterocycles. The molecule has 1 saturated heterocycles. The summed E-state index contributed by atoms with van der Waals surface area (Å²) in [5, 5.41) is 2.55. The van der Waals surface area contributed by atoms with Crippen molar-refractivity contribution >= 4 is 23.1 Å². The summed E-state index contributed by atoms with van der Waals surface area (Å²) in [5.41, 5.74) is 1.28. The molecule has 22 heavy (non-hydrogen) atoms. The summed E-state index contributed by atoms with van der Waals surface area (Å²) in [5.74, 6) is 0. The molecule has 0 bridgehead atoms. The molecule has 4 unspecified atom stereocenters. The summed E-state index contributed by atoms with van der Waals surface area (Å²) in [6.07, 6.45) is 1.26. The summed E-state index contributed by atoms with van der Waals surface area (Å²) < 4.78 is 42.0. The van der Waals surface area contributed by atoms with E-state index in [9.17, 15) is 8.76 Å². The van der Waals surface area contributed by atoms with E-state index in [0.29, 0.717) is 44.7 Å². The molecule has 0 saturated carbocycles. The van der Waals surface area contributed by atoms with E-state index in [2.05, 4.69) is 9.59 Å². The number of rotatable bonds is 8. The molecule has 6 nitrogen and oxygen atoms in total. The van der Waals surface area contributed by atoms with Gasteiger partial charge in [-0.05, 0) is 30.7 Å². The van der Waals surface area contributed by atoms with Crippen LogP contribution in [0.2, 0.25) is 0 Å². The minimum absolute atomic E-state index is 0. The molecule has 4 atom stereocenters. The first-order valence-electron chi connectivity index (χ1n) is 7.03. The van der Waals surface area contributed by atoms with Crippen LogP contribution in [-0.4, -0.2) is 59.3 Å². The normalized spacial score (nSPS) is 27.8. The minimum Gasteiger partial charge on any atom is -1.00 e. The molecule has 0 radical (unpaired) electrons. The van der Waals surface area contributed by atoms with E-state index >= 15 is 0 Å². The largest absolute Gasteiger partial charge is 1.00 e. The fraction of sp³-hybridized carbons (Fsp3) is 0.846. The van der Waals surface area contributed by atoms with Crippen molar-refractivity contribution in [3.05, 3.63) is 11.0 Å². The smallest absolute Gasteiger partial charge is 1.00 e. The van der Waals surface area contributed by atoms with Crippen LogP contribution in [0.4, 0.5) is 0 Å². The maximum atomic E-state index is 10.3. The summed E-state index contributed by atoms with van der Waals surface area (Å²) in [6, 6.07) is 0. The van der Waals surface area contributed by atoms with Gasteiger partial charge in [-0.3, -0.25) is 4.18 Å². The molecular formula is C13H22NaO6S2-. The van der Waals surface area contributed by atoms with Gasteiger partial charge in [0.25, 0.3) is 0 Å². The van der Waals surface area contributed by atoms with E-state index in [1.54, 1.807) is 18.7 Å². The van der Waals surface area contributed by atoms with Crippen molar-refractivity contribution < 1.29 is 58.1 Å². The van der Waals surface area contributed by atoms with Crippen LogP contribution in [0.1, 0.15) is 21.2 Å². The summed E-state index contributed by atoms with van der Waals surface area (Å²) in [7, 11) is 0. The maximum Gasteiger partial charge on any atom is 1.00 e. The molecule has 0 aliphatic carbocycles. The molecule has 0 aromatic rings. The molecule has 9 heteroatoms. The third kappa shape index (κ3) is 7.74. The van der Waals surface area contributed by atoms with E-state index in [4.69, 9.17) is 14.2 Å². The van der Waals surface area contributed by atoms with Crippen molar-refractivity contribution in [3.63, 3.8) is 0 Å². The first kappa shape index (κ1) is 21.1. The third-order valence-corrected chi connectivity index (χ3v) is 4.93. The van der Waals surface area contributed by atoms with Crippen LogP contribution in [0.25, 0.3) is 0 Å². The Morgan fingerprint density at radius 2 is 2.41 bits per heavy atom. The first-order valence-corrected chi connectivity index (χ1v) is 8.97. The number of hydrogen-bond acceptors (Lipinski definition) is 7. The molecule has 0 spiro atoms. The number of thioether (sulfide) groups is 1. The first-order chi connectivity index (χ1) is 10.1. The fourth-order valence-electron chi connectivity index (χ4n) is 2.20. The van der Waals surface area contributed by atoms with Gasteiger partial charge in [-0.1, -0.05) is 0 Å². The summed E-state index contributed by atoms with van der Waals surface area (Å²) in [6.45, 7) is 4.83. The van der Waals surface area contributed by atoms with Gasteiger partial charge in [-0.2, -0.15) is 0 Å². The molecule has 2 aliphatic heterocycles. The molecule has 2 heterocycles. The topological polar surface area (TPSA) is 77.0 Å². The molecule has 0 aromatic carbocycles. The van der Waals surface area contributed by atoms with Gasteiger partial charge < -0.3 is 20.2 Å². The van der Waals surface area contributed by atoms with Crippen molar-refractivity contribution in [2.45, 2.75) is 37.2 Å². The Balaban J connectivity index is 0.00000242. The maximum absolute atomic E-state index is 10.3. The zero-order chi connectivity index (χ0) is 15.1. The Morgan fingerprint density at radius 1 is 1.59 bits per heavy atom. The van der Waals surface area contributed by atoms with Crippen LogP contribution >= 0.6 is 11.8 Å². The second-order valence-corrected chi connectivity index (χ2v) is 6.84. The van der Waals surface area contributed by atoms with E-state index in [1.165, 1.54) is 5.57 Å². The molecule has 2 aliphatic rings. The predicted octanol–water partition coefficient (Wildman–Crippen LogP) is -1.49. The quantitative estimate of drug-likeness (QED) is 0.296. The molecule has 2 rings (SSSR count). The standard InChI is InChI=1S/C13H22O6S2.Na.H/c1-10(19-21(14)15)2-3-16-7-12-6-11(9-20-12)13-8-17-4-5-18-13;;/h9-10,12-13H,2-8H2,1H3,(H,14,15);;/q;+1;-1/p-1. The average Bonchev–Trinajstić information content (AvgIpc) is 2.93. The van der Waals surface area contributed by atoms with Crippen molar-refractivity contribution in [1.29, 1.82) is 0 Å². The number of hydrogen-bond donors (Lipinski definition) is 0. The van der Waals surface area contributed by atoms with Crippen LogP contribution in [0.15, 0.2) is 11.0 Å². The van der Waals surface area contributed by atoms with E-state index < -0.39 is 11.4 Å². The van der Waals surface area contributed by atoms with Crippen LogP contribution < -0.4 is 29.6 Å². The van der Waals surface area contributed by atoms with Gasteiger partial charge in [0.15, 0.2) is 0 Å². The fourth-order valence-corrected chi connectivity index (χ4v) is 3.64. The van der Waals surface area contributed by atoms with Crippen molar-refractivity contribution in [1.82, 2.24) is 0 Å². The molecular weight excluding hydrogens is 339 g/mol. The van der Waals surface area contributed by atoms with Gasteiger partial charge in [0, 0.05) is 11.9 Å². The summed E-state index contributed by atoms with van der Waals surface area (Å²) >= 11 is -0.693. The SMILES string of the molecule is CC(CCOCC1CC(C2COCCO2)=CS1)OS(=O)[O-].[H-].[Na+]. The Bertz CT molecular complexity index is 381. The van der Waals surface area contributed by atoms with Crippen LogP contribution in [0.5, 0.6) is 0 Å². The van der Waals surface area contributed by atoms with Crippen molar-refractivity contribution in [2.24, 2.45) is 0 Å². The second kappa shape index (κ2) is 11.6. The summed E-state index contributed by atoms with van der Waals surface area (Å²) in [4.78, 5) is 0.